The molecule has 2 heteroatoms. The highest BCUT2D eigenvalue weighted by Gasteiger charge is 1.87. The molecule has 0 aliphatic heterocycles. The lowest BCUT2D eigenvalue weighted by atomic mass is 10.4. The van der Waals surface area contributed by atoms with Gasteiger partial charge in [-0.3, -0.25) is 0 Å². The molecule has 70 valence electrons. The van der Waals surface area contributed by atoms with E-state index in [1.54, 1.807) is 0 Å². The van der Waals surface area contributed by atoms with Gasteiger partial charge >= 0.3 is 0 Å². The summed E-state index contributed by atoms with van der Waals surface area (Å²) in [5, 5.41) is 6.46. The first kappa shape index (κ1) is 11.5. The maximum Gasteiger partial charge on any atom is 0.0578 e. The molecule has 0 aliphatic rings. The third-order valence-corrected chi connectivity index (χ3v) is 1.32. The molecule has 0 aliphatic carbocycles. The quantitative estimate of drug-likeness (QED) is 0.612. The Bertz CT molecular complexity index is 135. The number of hydrogen-bond donors (Lipinski definition) is 2. The molecule has 0 unspecified atom stereocenters. The summed E-state index contributed by atoms with van der Waals surface area (Å²) < 4.78 is 0. The van der Waals surface area contributed by atoms with Crippen molar-refractivity contribution in [3.05, 3.63) is 0 Å². The minimum Gasteiger partial charge on any atom is -0.304 e. The van der Waals surface area contributed by atoms with Gasteiger partial charge in [0.05, 0.1) is 13.1 Å². The predicted molar refractivity (Wildman–Crippen MR) is 54.1 cm³/mol. The van der Waals surface area contributed by atoms with Crippen LogP contribution in [0.1, 0.15) is 27.7 Å². The fraction of sp³-hybridized carbons (Fsp3) is 0.800. The van der Waals surface area contributed by atoms with Crippen LogP contribution in [0.15, 0.2) is 0 Å². The van der Waals surface area contributed by atoms with Crippen molar-refractivity contribution < 1.29 is 0 Å². The lowest BCUT2D eigenvalue weighted by Crippen LogP contribution is -2.24. The molecule has 0 bridgehead atoms. The summed E-state index contributed by atoms with van der Waals surface area (Å²) in [6.07, 6.45) is 0. The van der Waals surface area contributed by atoms with E-state index >= 15 is 0 Å². The van der Waals surface area contributed by atoms with Gasteiger partial charge in [-0.05, 0) is 27.7 Å². The molecule has 0 fully saturated rings. The summed E-state index contributed by atoms with van der Waals surface area (Å²) >= 11 is 0. The van der Waals surface area contributed by atoms with Gasteiger partial charge in [0.15, 0.2) is 0 Å². The van der Waals surface area contributed by atoms with Crippen LogP contribution in [0.5, 0.6) is 0 Å². The molecule has 0 aromatic carbocycles. The first-order chi connectivity index (χ1) is 5.63. The van der Waals surface area contributed by atoms with E-state index in [1.807, 2.05) is 0 Å². The van der Waals surface area contributed by atoms with Gasteiger partial charge in [-0.2, -0.15) is 0 Å². The van der Waals surface area contributed by atoms with Crippen LogP contribution in [0, 0.1) is 11.8 Å². The zero-order chi connectivity index (χ0) is 9.40. The molecule has 0 spiro atoms. The van der Waals surface area contributed by atoms with Crippen molar-refractivity contribution in [3.63, 3.8) is 0 Å². The van der Waals surface area contributed by atoms with E-state index in [0.717, 1.165) is 13.1 Å². The standard InChI is InChI=1S/C10H20N2/c1-9(2)11-7-5-6-8-12-10(3)4/h9-12H,7-8H2,1-4H3. The summed E-state index contributed by atoms with van der Waals surface area (Å²) in [5.41, 5.74) is 0. The van der Waals surface area contributed by atoms with Crippen LogP contribution >= 0.6 is 0 Å². The summed E-state index contributed by atoms with van der Waals surface area (Å²) in [6, 6.07) is 1.05. The van der Waals surface area contributed by atoms with Gasteiger partial charge in [0.1, 0.15) is 0 Å². The minimum atomic E-state index is 0.525. The molecule has 2 nitrogen and oxygen atoms in total. The van der Waals surface area contributed by atoms with E-state index in [0.29, 0.717) is 12.1 Å². The largest absolute Gasteiger partial charge is 0.304 e. The Morgan fingerprint density at radius 2 is 1.17 bits per heavy atom. The van der Waals surface area contributed by atoms with Crippen LogP contribution in [0.2, 0.25) is 0 Å². The van der Waals surface area contributed by atoms with Crippen molar-refractivity contribution in [1.82, 2.24) is 10.6 Å². The molecule has 0 rings (SSSR count). The van der Waals surface area contributed by atoms with Gasteiger partial charge in [0.2, 0.25) is 0 Å². The van der Waals surface area contributed by atoms with Crippen LogP contribution < -0.4 is 10.6 Å². The van der Waals surface area contributed by atoms with E-state index in [2.05, 4.69) is 50.2 Å². The average Bonchev–Trinajstić information content (AvgIpc) is 1.95. The Morgan fingerprint density at radius 1 is 0.833 bits per heavy atom. The number of hydrogen-bond acceptors (Lipinski definition) is 2. The molecule has 0 amide bonds. The molecular weight excluding hydrogens is 148 g/mol. The van der Waals surface area contributed by atoms with Crippen LogP contribution in [0.3, 0.4) is 0 Å². The summed E-state index contributed by atoms with van der Waals surface area (Å²) in [7, 11) is 0. The molecule has 0 saturated carbocycles. The Morgan fingerprint density at radius 3 is 1.42 bits per heavy atom. The molecule has 12 heavy (non-hydrogen) atoms. The molecular formula is C10H20N2. The highest BCUT2D eigenvalue weighted by Crippen LogP contribution is 1.74. The second kappa shape index (κ2) is 7.15. The third kappa shape index (κ3) is 9.48. The fourth-order valence-electron chi connectivity index (χ4n) is 0.635. The van der Waals surface area contributed by atoms with Crippen LogP contribution in [0.25, 0.3) is 0 Å². The highest BCUT2D eigenvalue weighted by atomic mass is 14.9. The Kier molecular flexibility index (Phi) is 6.84. The van der Waals surface area contributed by atoms with E-state index < -0.39 is 0 Å². The second-order valence-electron chi connectivity index (χ2n) is 3.42. The van der Waals surface area contributed by atoms with Crippen molar-refractivity contribution in [2.45, 2.75) is 39.8 Å². The van der Waals surface area contributed by atoms with Crippen LogP contribution in [-0.2, 0) is 0 Å². The van der Waals surface area contributed by atoms with Crippen LogP contribution in [0.4, 0.5) is 0 Å². The molecule has 0 saturated heterocycles. The molecule has 0 heterocycles. The van der Waals surface area contributed by atoms with Gasteiger partial charge in [-0.1, -0.05) is 11.8 Å². The topological polar surface area (TPSA) is 24.1 Å². The van der Waals surface area contributed by atoms with Crippen LogP contribution in [-0.4, -0.2) is 25.2 Å². The maximum atomic E-state index is 3.23. The van der Waals surface area contributed by atoms with Gasteiger partial charge in [-0.25, -0.2) is 0 Å². The normalized spacial score (nSPS) is 10.2. The zero-order valence-corrected chi connectivity index (χ0v) is 8.57. The molecule has 2 N–H and O–H groups in total. The van der Waals surface area contributed by atoms with Crippen molar-refractivity contribution in [1.29, 1.82) is 0 Å². The predicted octanol–water partition coefficient (Wildman–Crippen LogP) is 0.986. The second-order valence-corrected chi connectivity index (χ2v) is 3.42. The van der Waals surface area contributed by atoms with Gasteiger partial charge in [0, 0.05) is 12.1 Å². The number of rotatable bonds is 4. The molecule has 0 aromatic heterocycles. The average molecular weight is 168 g/mol. The molecule has 0 aromatic rings. The smallest absolute Gasteiger partial charge is 0.0578 e. The lowest BCUT2D eigenvalue weighted by Gasteiger charge is -2.03. The first-order valence-electron chi connectivity index (χ1n) is 4.55. The fourth-order valence-corrected chi connectivity index (χ4v) is 0.635. The maximum absolute atomic E-state index is 3.23. The summed E-state index contributed by atoms with van der Waals surface area (Å²) in [5.74, 6) is 6.10. The molecule has 0 radical (unpaired) electrons. The Labute approximate surface area is 76.1 Å². The molecule has 0 atom stereocenters. The van der Waals surface area contributed by atoms with E-state index in [9.17, 15) is 0 Å². The Hall–Kier alpha value is -0.520. The monoisotopic (exact) mass is 168 g/mol. The summed E-state index contributed by atoms with van der Waals surface area (Å²) in [6.45, 7) is 10.1. The van der Waals surface area contributed by atoms with Crippen molar-refractivity contribution in [3.8, 4) is 11.8 Å². The summed E-state index contributed by atoms with van der Waals surface area (Å²) in [4.78, 5) is 0. The van der Waals surface area contributed by atoms with Gasteiger partial charge in [-0.15, -0.1) is 0 Å². The van der Waals surface area contributed by atoms with Crippen molar-refractivity contribution in [2.24, 2.45) is 0 Å². The highest BCUT2D eigenvalue weighted by molar-refractivity contribution is 5.02. The van der Waals surface area contributed by atoms with Gasteiger partial charge in [0.25, 0.3) is 0 Å². The SMILES string of the molecule is CC(C)NCC#CCNC(C)C. The van der Waals surface area contributed by atoms with E-state index in [1.165, 1.54) is 0 Å². The first-order valence-corrected chi connectivity index (χ1v) is 4.55. The van der Waals surface area contributed by atoms with Crippen molar-refractivity contribution >= 4 is 0 Å². The van der Waals surface area contributed by atoms with E-state index in [4.69, 9.17) is 0 Å². The lowest BCUT2D eigenvalue weighted by molar-refractivity contribution is 0.632. The van der Waals surface area contributed by atoms with Gasteiger partial charge < -0.3 is 10.6 Å². The third-order valence-electron chi connectivity index (χ3n) is 1.32. The van der Waals surface area contributed by atoms with E-state index in [-0.39, 0.29) is 0 Å². The minimum absolute atomic E-state index is 0.525. The Balaban J connectivity index is 3.23. The number of nitrogens with one attached hydrogen (secondary N) is 2. The van der Waals surface area contributed by atoms with Crippen molar-refractivity contribution in [2.75, 3.05) is 13.1 Å². The zero-order valence-electron chi connectivity index (χ0n) is 8.57.